The number of halogens is 1. The lowest BCUT2D eigenvalue weighted by Crippen LogP contribution is -2.42. The van der Waals surface area contributed by atoms with E-state index in [2.05, 4.69) is 15.6 Å². The molecule has 8 nitrogen and oxygen atoms in total. The molecule has 4 rings (SSSR count). The van der Waals surface area contributed by atoms with Crippen molar-refractivity contribution < 1.29 is 14.0 Å². The summed E-state index contributed by atoms with van der Waals surface area (Å²) in [4.78, 5) is 52.3. The van der Waals surface area contributed by atoms with E-state index in [1.54, 1.807) is 30.3 Å². The zero-order valence-electron chi connectivity index (χ0n) is 15.6. The summed E-state index contributed by atoms with van der Waals surface area (Å²) in [6, 6.07) is 14.6. The molecular weight excluding hydrogens is 391 g/mol. The van der Waals surface area contributed by atoms with Gasteiger partial charge in [-0.3, -0.25) is 23.9 Å². The van der Waals surface area contributed by atoms with Crippen LogP contribution >= 0.6 is 0 Å². The molecule has 3 N–H and O–H groups in total. The van der Waals surface area contributed by atoms with Gasteiger partial charge in [0, 0.05) is 6.42 Å². The van der Waals surface area contributed by atoms with E-state index in [-0.39, 0.29) is 30.0 Å². The first kappa shape index (κ1) is 19.3. The summed E-state index contributed by atoms with van der Waals surface area (Å²) in [6.07, 6.45) is -0.306. The minimum atomic E-state index is -1.18. The van der Waals surface area contributed by atoms with Crippen LogP contribution in [-0.4, -0.2) is 21.4 Å². The first-order chi connectivity index (χ1) is 14.4. The number of carbonyl (C=O) groups is 2. The topological polar surface area (TPSA) is 113 Å². The maximum absolute atomic E-state index is 13.9. The Kier molecular flexibility index (Phi) is 5.01. The van der Waals surface area contributed by atoms with Crippen molar-refractivity contribution in [1.82, 2.24) is 9.55 Å². The molecule has 0 aliphatic carbocycles. The fourth-order valence-electron chi connectivity index (χ4n) is 3.44. The molecule has 0 unspecified atom stereocenters. The fourth-order valence-corrected chi connectivity index (χ4v) is 3.44. The predicted octanol–water partition coefficient (Wildman–Crippen LogP) is 1.79. The number of fused-ring (bicyclic) bond motifs is 1. The zero-order chi connectivity index (χ0) is 21.3. The number of benzene rings is 2. The van der Waals surface area contributed by atoms with E-state index in [1.807, 2.05) is 6.07 Å². The maximum Gasteiger partial charge on any atom is 0.330 e. The van der Waals surface area contributed by atoms with Gasteiger partial charge in [-0.15, -0.1) is 0 Å². The number of aromatic amines is 1. The van der Waals surface area contributed by atoms with Crippen molar-refractivity contribution >= 4 is 23.3 Å². The number of rotatable bonds is 4. The standard InChI is InChI=1S/C21H17FN4O4/c22-14-8-4-5-9-15(14)23-19(28)13-10-16(27)24-18-17(13)20(29)25-21(30)26(18)11-12-6-2-1-3-7-12/h1-9,13H,10-11H2,(H,23,28)(H,24,27)(H,25,29,30)/t13-/m0/s1. The normalized spacial score (nSPS) is 15.2. The van der Waals surface area contributed by atoms with Crippen LogP contribution in [0.5, 0.6) is 0 Å². The third kappa shape index (κ3) is 3.64. The van der Waals surface area contributed by atoms with Crippen molar-refractivity contribution in [3.8, 4) is 0 Å². The molecule has 1 atom stereocenters. The average molecular weight is 408 g/mol. The third-order valence-electron chi connectivity index (χ3n) is 4.86. The summed E-state index contributed by atoms with van der Waals surface area (Å²) in [5.74, 6) is -3.10. The van der Waals surface area contributed by atoms with Gasteiger partial charge in [-0.1, -0.05) is 42.5 Å². The van der Waals surface area contributed by atoms with Crippen molar-refractivity contribution in [2.75, 3.05) is 10.6 Å². The second-order valence-electron chi connectivity index (χ2n) is 6.87. The van der Waals surface area contributed by atoms with Gasteiger partial charge >= 0.3 is 5.69 Å². The quantitative estimate of drug-likeness (QED) is 0.611. The number of hydrogen-bond acceptors (Lipinski definition) is 4. The first-order valence-corrected chi connectivity index (χ1v) is 9.20. The van der Waals surface area contributed by atoms with Crippen LogP contribution in [0.15, 0.2) is 64.2 Å². The minimum absolute atomic E-state index is 0.0301. The summed E-state index contributed by atoms with van der Waals surface area (Å²) in [5, 5.41) is 4.96. The molecule has 2 aromatic carbocycles. The SMILES string of the molecule is O=C1C[C@H](C(=O)Nc2ccccc2F)c2c(n(Cc3ccccc3)c(=O)[nH]c2=O)N1. The van der Waals surface area contributed by atoms with Crippen LogP contribution in [0.25, 0.3) is 0 Å². The molecule has 0 radical (unpaired) electrons. The van der Waals surface area contributed by atoms with Crippen LogP contribution in [0.2, 0.25) is 0 Å². The molecule has 9 heteroatoms. The van der Waals surface area contributed by atoms with E-state index in [0.717, 1.165) is 5.56 Å². The van der Waals surface area contributed by atoms with Gasteiger partial charge in [0.1, 0.15) is 11.6 Å². The molecule has 1 aromatic heterocycles. The highest BCUT2D eigenvalue weighted by Gasteiger charge is 2.35. The number of H-pyrrole nitrogens is 1. The maximum atomic E-state index is 13.9. The second-order valence-corrected chi connectivity index (χ2v) is 6.87. The number of aromatic nitrogens is 2. The lowest BCUT2D eigenvalue weighted by atomic mass is 9.92. The molecule has 1 aliphatic rings. The van der Waals surface area contributed by atoms with Gasteiger partial charge in [0.2, 0.25) is 11.8 Å². The molecule has 0 spiro atoms. The predicted molar refractivity (Wildman–Crippen MR) is 108 cm³/mol. The molecule has 0 fully saturated rings. The van der Waals surface area contributed by atoms with Crippen molar-refractivity contribution in [2.45, 2.75) is 18.9 Å². The highest BCUT2D eigenvalue weighted by molar-refractivity contribution is 6.04. The Balaban J connectivity index is 1.77. The van der Waals surface area contributed by atoms with Crippen molar-refractivity contribution in [2.24, 2.45) is 0 Å². The van der Waals surface area contributed by atoms with Gasteiger partial charge < -0.3 is 10.6 Å². The smallest absolute Gasteiger partial charge is 0.323 e. The molecule has 1 aliphatic heterocycles. The van der Waals surface area contributed by atoms with E-state index >= 15 is 0 Å². The van der Waals surface area contributed by atoms with E-state index in [1.165, 1.54) is 22.8 Å². The molecule has 30 heavy (non-hydrogen) atoms. The van der Waals surface area contributed by atoms with Gasteiger partial charge in [-0.25, -0.2) is 9.18 Å². The Morgan fingerprint density at radius 3 is 2.50 bits per heavy atom. The number of nitrogens with zero attached hydrogens (tertiary/aromatic N) is 1. The number of carbonyl (C=O) groups excluding carboxylic acids is 2. The van der Waals surface area contributed by atoms with Crippen LogP contribution < -0.4 is 21.9 Å². The minimum Gasteiger partial charge on any atom is -0.323 e. The zero-order valence-corrected chi connectivity index (χ0v) is 15.6. The molecule has 0 saturated heterocycles. The van der Waals surface area contributed by atoms with E-state index in [9.17, 15) is 23.6 Å². The van der Waals surface area contributed by atoms with Gasteiger partial charge in [0.05, 0.1) is 23.7 Å². The number of amides is 2. The Bertz CT molecular complexity index is 1250. The van der Waals surface area contributed by atoms with E-state index in [4.69, 9.17) is 0 Å². The van der Waals surface area contributed by atoms with Gasteiger partial charge in [0.15, 0.2) is 0 Å². The monoisotopic (exact) mass is 408 g/mol. The molecule has 3 aromatic rings. The number of para-hydroxylation sites is 1. The second kappa shape index (κ2) is 7.78. The van der Waals surface area contributed by atoms with Gasteiger partial charge in [0.25, 0.3) is 5.56 Å². The molecule has 152 valence electrons. The Labute approximate surface area is 169 Å². The molecular formula is C21H17FN4O4. The number of anilines is 2. The van der Waals surface area contributed by atoms with Crippen LogP contribution in [0, 0.1) is 5.82 Å². The summed E-state index contributed by atoms with van der Waals surface area (Å²) in [5.41, 5.74) is -0.824. The van der Waals surface area contributed by atoms with Crippen LogP contribution in [0.3, 0.4) is 0 Å². The van der Waals surface area contributed by atoms with E-state index in [0.29, 0.717) is 0 Å². The summed E-state index contributed by atoms with van der Waals surface area (Å²) < 4.78 is 15.1. The van der Waals surface area contributed by atoms with Crippen LogP contribution in [0.4, 0.5) is 15.9 Å². The van der Waals surface area contributed by atoms with Gasteiger partial charge in [-0.05, 0) is 17.7 Å². The molecule has 2 amide bonds. The van der Waals surface area contributed by atoms with Crippen molar-refractivity contribution in [1.29, 1.82) is 0 Å². The Morgan fingerprint density at radius 2 is 1.77 bits per heavy atom. The highest BCUT2D eigenvalue weighted by Crippen LogP contribution is 2.30. The van der Waals surface area contributed by atoms with Crippen molar-refractivity contribution in [3.63, 3.8) is 0 Å². The molecule has 0 bridgehead atoms. The van der Waals surface area contributed by atoms with Crippen molar-refractivity contribution in [3.05, 3.63) is 92.4 Å². The van der Waals surface area contributed by atoms with Gasteiger partial charge in [-0.2, -0.15) is 0 Å². The lowest BCUT2D eigenvalue weighted by molar-refractivity contribution is -0.123. The van der Waals surface area contributed by atoms with Crippen LogP contribution in [-0.2, 0) is 16.1 Å². The van der Waals surface area contributed by atoms with E-state index < -0.39 is 34.8 Å². The summed E-state index contributed by atoms with van der Waals surface area (Å²) >= 11 is 0. The average Bonchev–Trinajstić information content (AvgIpc) is 2.72. The Hall–Kier alpha value is -4.01. The summed E-state index contributed by atoms with van der Waals surface area (Å²) in [6.45, 7) is 0.0840. The number of nitrogens with one attached hydrogen (secondary N) is 3. The number of hydrogen-bond donors (Lipinski definition) is 3. The molecule has 2 heterocycles. The largest absolute Gasteiger partial charge is 0.330 e. The highest BCUT2D eigenvalue weighted by atomic mass is 19.1. The first-order valence-electron chi connectivity index (χ1n) is 9.20. The fraction of sp³-hybridized carbons (Fsp3) is 0.143. The lowest BCUT2D eigenvalue weighted by Gasteiger charge is -2.26. The summed E-state index contributed by atoms with van der Waals surface area (Å²) in [7, 11) is 0. The molecule has 0 saturated carbocycles. The Morgan fingerprint density at radius 1 is 1.07 bits per heavy atom. The van der Waals surface area contributed by atoms with Crippen LogP contribution in [0.1, 0.15) is 23.5 Å². The third-order valence-corrected chi connectivity index (χ3v) is 4.86.